The second-order valence-electron chi connectivity index (χ2n) is 6.09. The number of amides is 1. The number of benzene rings is 1. The Balaban J connectivity index is 2.01. The smallest absolute Gasteiger partial charge is 0.224 e. The summed E-state index contributed by atoms with van der Waals surface area (Å²) in [6.07, 6.45) is 4.52. The molecule has 5 heteroatoms. The van der Waals surface area contributed by atoms with Gasteiger partial charge in [0.25, 0.3) is 0 Å². The number of alkyl halides is 1. The van der Waals surface area contributed by atoms with E-state index in [1.807, 2.05) is 6.07 Å². The summed E-state index contributed by atoms with van der Waals surface area (Å²) < 4.78 is 0. The van der Waals surface area contributed by atoms with Gasteiger partial charge in [-0.15, -0.1) is 11.6 Å². The fourth-order valence-corrected chi connectivity index (χ4v) is 3.73. The van der Waals surface area contributed by atoms with Crippen molar-refractivity contribution < 1.29 is 4.79 Å². The molecule has 1 saturated carbocycles. The first-order chi connectivity index (χ1) is 9.94. The third-order valence-corrected chi connectivity index (χ3v) is 5.35. The fourth-order valence-electron chi connectivity index (χ4n) is 3.10. The van der Waals surface area contributed by atoms with Gasteiger partial charge in [-0.05, 0) is 36.5 Å². The van der Waals surface area contributed by atoms with Crippen molar-refractivity contribution in [3.05, 3.63) is 33.8 Å². The van der Waals surface area contributed by atoms with Gasteiger partial charge in [0.15, 0.2) is 0 Å². The summed E-state index contributed by atoms with van der Waals surface area (Å²) in [5, 5.41) is 4.12. The molecule has 1 amide bonds. The van der Waals surface area contributed by atoms with E-state index in [1.54, 1.807) is 12.1 Å². The van der Waals surface area contributed by atoms with Crippen LogP contribution in [0.3, 0.4) is 0 Å². The van der Waals surface area contributed by atoms with Crippen LogP contribution in [0.25, 0.3) is 0 Å². The lowest BCUT2D eigenvalue weighted by molar-refractivity contribution is -0.122. The molecule has 0 bridgehead atoms. The first-order valence-corrected chi connectivity index (χ1v) is 8.54. The van der Waals surface area contributed by atoms with E-state index >= 15 is 0 Å². The molecule has 1 aliphatic rings. The lowest BCUT2D eigenvalue weighted by Crippen LogP contribution is -2.53. The van der Waals surface area contributed by atoms with Gasteiger partial charge in [-0.1, -0.05) is 49.0 Å². The Labute approximate surface area is 141 Å². The van der Waals surface area contributed by atoms with Gasteiger partial charge in [-0.25, -0.2) is 0 Å². The molecule has 2 rings (SSSR count). The zero-order valence-electron chi connectivity index (χ0n) is 12.1. The Morgan fingerprint density at radius 3 is 2.76 bits per heavy atom. The van der Waals surface area contributed by atoms with E-state index in [0.29, 0.717) is 28.3 Å². The van der Waals surface area contributed by atoms with Crippen molar-refractivity contribution in [3.8, 4) is 0 Å². The molecule has 1 aromatic rings. The fraction of sp³-hybridized carbons (Fsp3) is 0.562. The van der Waals surface area contributed by atoms with Gasteiger partial charge < -0.3 is 5.32 Å². The van der Waals surface area contributed by atoms with E-state index in [9.17, 15) is 4.79 Å². The molecular weight excluding hydrogens is 329 g/mol. The zero-order valence-corrected chi connectivity index (χ0v) is 14.4. The highest BCUT2D eigenvalue weighted by Gasteiger charge is 2.35. The standard InChI is InChI=1S/C16H20Cl3NO/c1-11-3-2-6-16(9-11,10-17)20-15(21)8-12-4-5-13(18)14(19)7-12/h4-5,7,11H,2-3,6,8-10H2,1H3,(H,20,21). The summed E-state index contributed by atoms with van der Waals surface area (Å²) in [6.45, 7) is 2.21. The molecule has 0 aliphatic heterocycles. The molecule has 0 heterocycles. The van der Waals surface area contributed by atoms with Gasteiger partial charge in [0.2, 0.25) is 5.91 Å². The number of hydrogen-bond acceptors (Lipinski definition) is 1. The Kier molecular flexibility index (Phi) is 5.81. The highest BCUT2D eigenvalue weighted by molar-refractivity contribution is 6.42. The molecule has 116 valence electrons. The summed E-state index contributed by atoms with van der Waals surface area (Å²) >= 11 is 18.0. The van der Waals surface area contributed by atoms with Crippen LogP contribution in [0.4, 0.5) is 0 Å². The molecule has 1 aromatic carbocycles. The molecular formula is C16H20Cl3NO. The minimum Gasteiger partial charge on any atom is -0.349 e. The summed E-state index contributed by atoms with van der Waals surface area (Å²) in [5.41, 5.74) is 0.600. The van der Waals surface area contributed by atoms with Crippen molar-refractivity contribution in [2.75, 3.05) is 5.88 Å². The molecule has 1 fully saturated rings. The number of halogens is 3. The Hall–Kier alpha value is -0.440. The number of carbonyl (C=O) groups is 1. The van der Waals surface area contributed by atoms with Crippen LogP contribution in [0.1, 0.15) is 38.2 Å². The molecule has 0 spiro atoms. The quantitative estimate of drug-likeness (QED) is 0.775. The number of hydrogen-bond donors (Lipinski definition) is 1. The molecule has 2 atom stereocenters. The average Bonchev–Trinajstić information content (AvgIpc) is 2.43. The summed E-state index contributed by atoms with van der Waals surface area (Å²) in [4.78, 5) is 12.3. The summed E-state index contributed by atoms with van der Waals surface area (Å²) in [5.74, 6) is 1.05. The molecule has 2 nitrogen and oxygen atoms in total. The molecule has 2 unspecified atom stereocenters. The minimum atomic E-state index is -0.257. The van der Waals surface area contributed by atoms with Crippen LogP contribution in [-0.4, -0.2) is 17.3 Å². The first kappa shape index (κ1) is 16.9. The highest BCUT2D eigenvalue weighted by Crippen LogP contribution is 2.33. The van der Waals surface area contributed by atoms with Crippen LogP contribution in [0.15, 0.2) is 18.2 Å². The maximum atomic E-state index is 12.3. The van der Waals surface area contributed by atoms with Crippen LogP contribution in [0, 0.1) is 5.92 Å². The summed E-state index contributed by atoms with van der Waals surface area (Å²) in [6, 6.07) is 5.28. The van der Waals surface area contributed by atoms with E-state index in [-0.39, 0.29) is 11.4 Å². The van der Waals surface area contributed by atoms with E-state index < -0.39 is 0 Å². The maximum Gasteiger partial charge on any atom is 0.224 e. The Morgan fingerprint density at radius 2 is 2.14 bits per heavy atom. The lowest BCUT2D eigenvalue weighted by Gasteiger charge is -2.39. The number of rotatable bonds is 4. The van der Waals surface area contributed by atoms with Crippen molar-refractivity contribution in [2.45, 2.75) is 44.6 Å². The van der Waals surface area contributed by atoms with Gasteiger partial charge in [0.1, 0.15) is 0 Å². The number of nitrogens with one attached hydrogen (secondary N) is 1. The number of carbonyl (C=O) groups excluding carboxylic acids is 1. The Morgan fingerprint density at radius 1 is 1.38 bits per heavy atom. The largest absolute Gasteiger partial charge is 0.349 e. The van der Waals surface area contributed by atoms with Gasteiger partial charge in [0, 0.05) is 5.88 Å². The molecule has 0 aromatic heterocycles. The van der Waals surface area contributed by atoms with Crippen LogP contribution in [-0.2, 0) is 11.2 Å². The van der Waals surface area contributed by atoms with Gasteiger partial charge >= 0.3 is 0 Å². The van der Waals surface area contributed by atoms with Crippen LogP contribution in [0.2, 0.25) is 10.0 Å². The second kappa shape index (κ2) is 7.21. The monoisotopic (exact) mass is 347 g/mol. The molecule has 21 heavy (non-hydrogen) atoms. The van der Waals surface area contributed by atoms with E-state index in [2.05, 4.69) is 12.2 Å². The Bertz CT molecular complexity index is 520. The van der Waals surface area contributed by atoms with Crippen molar-refractivity contribution in [1.29, 1.82) is 0 Å². The first-order valence-electron chi connectivity index (χ1n) is 7.25. The van der Waals surface area contributed by atoms with Gasteiger partial charge in [-0.3, -0.25) is 4.79 Å². The molecule has 1 N–H and O–H groups in total. The highest BCUT2D eigenvalue weighted by atomic mass is 35.5. The lowest BCUT2D eigenvalue weighted by atomic mass is 9.77. The molecule has 1 aliphatic carbocycles. The predicted molar refractivity (Wildman–Crippen MR) is 89.4 cm³/mol. The second-order valence-corrected chi connectivity index (χ2v) is 7.17. The van der Waals surface area contributed by atoms with Crippen molar-refractivity contribution in [1.82, 2.24) is 5.32 Å². The normalized spacial score (nSPS) is 25.6. The third-order valence-electron chi connectivity index (χ3n) is 4.10. The zero-order chi connectivity index (χ0) is 15.5. The minimum absolute atomic E-state index is 0.0110. The van der Waals surface area contributed by atoms with E-state index in [0.717, 1.165) is 24.8 Å². The van der Waals surface area contributed by atoms with E-state index in [1.165, 1.54) is 6.42 Å². The van der Waals surface area contributed by atoms with Crippen molar-refractivity contribution in [2.24, 2.45) is 5.92 Å². The van der Waals surface area contributed by atoms with Crippen LogP contribution in [0.5, 0.6) is 0 Å². The van der Waals surface area contributed by atoms with Crippen molar-refractivity contribution in [3.63, 3.8) is 0 Å². The average molecular weight is 349 g/mol. The van der Waals surface area contributed by atoms with E-state index in [4.69, 9.17) is 34.8 Å². The molecule has 0 radical (unpaired) electrons. The molecule has 0 saturated heterocycles. The van der Waals surface area contributed by atoms with Crippen molar-refractivity contribution >= 4 is 40.7 Å². The topological polar surface area (TPSA) is 29.1 Å². The SMILES string of the molecule is CC1CCCC(CCl)(NC(=O)Cc2ccc(Cl)c(Cl)c2)C1. The van der Waals surface area contributed by atoms with Crippen LogP contribution < -0.4 is 5.32 Å². The maximum absolute atomic E-state index is 12.3. The summed E-state index contributed by atoms with van der Waals surface area (Å²) in [7, 11) is 0. The van der Waals surface area contributed by atoms with Gasteiger partial charge in [-0.2, -0.15) is 0 Å². The van der Waals surface area contributed by atoms with Crippen LogP contribution >= 0.6 is 34.8 Å². The van der Waals surface area contributed by atoms with Gasteiger partial charge in [0.05, 0.1) is 22.0 Å². The third kappa shape index (κ3) is 4.51. The predicted octanol–water partition coefficient (Wildman–Crippen LogP) is 4.84.